The van der Waals surface area contributed by atoms with Gasteiger partial charge in [-0.2, -0.15) is 8.42 Å². The number of nitrogens with zero attached hydrogens (tertiary/aromatic N) is 4. The van der Waals surface area contributed by atoms with Crippen molar-refractivity contribution in [3.63, 3.8) is 0 Å². The summed E-state index contributed by atoms with van der Waals surface area (Å²) in [5.41, 5.74) is -2.14. The van der Waals surface area contributed by atoms with Crippen LogP contribution in [0.4, 0.5) is 5.69 Å². The largest absolute Gasteiger partial charge is 0.405 e. The van der Waals surface area contributed by atoms with E-state index >= 15 is 0 Å². The highest BCUT2D eigenvalue weighted by atomic mass is 32.3. The van der Waals surface area contributed by atoms with Gasteiger partial charge in [0.1, 0.15) is 5.69 Å². The summed E-state index contributed by atoms with van der Waals surface area (Å²) in [6.07, 6.45) is 2.92. The van der Waals surface area contributed by atoms with Crippen molar-refractivity contribution in [2.75, 3.05) is 0 Å². The summed E-state index contributed by atoms with van der Waals surface area (Å²) in [5.74, 6) is 0. The quantitative estimate of drug-likeness (QED) is 0.344. The number of rotatable bonds is 4. The van der Waals surface area contributed by atoms with Crippen molar-refractivity contribution in [3.05, 3.63) is 61.7 Å². The number of aromatic nitrogens is 4. The Hall–Kier alpha value is -3.36. The molecule has 0 saturated carbocycles. The lowest BCUT2D eigenvalue weighted by Gasteiger charge is -2.25. The Morgan fingerprint density at radius 2 is 2.04 bits per heavy atom. The Labute approximate surface area is 148 Å². The molecule has 1 aromatic carbocycles. The van der Waals surface area contributed by atoms with Gasteiger partial charge in [-0.1, -0.05) is 0 Å². The molecule has 14 heteroatoms. The van der Waals surface area contributed by atoms with Crippen LogP contribution in [0.25, 0.3) is 16.7 Å². The molecule has 0 spiro atoms. The number of nitrogens with one attached hydrogen (secondary N) is 1. The lowest BCUT2D eigenvalue weighted by molar-refractivity contribution is -0.384. The van der Waals surface area contributed by atoms with Crippen LogP contribution in [-0.4, -0.2) is 38.7 Å². The smallest absolute Gasteiger partial charge is 0.316 e. The first-order valence-electron chi connectivity index (χ1n) is 7.30. The van der Waals surface area contributed by atoms with Crippen LogP contribution in [0, 0.1) is 10.1 Å². The summed E-state index contributed by atoms with van der Waals surface area (Å²) in [6, 6.07) is 2.40. The van der Waals surface area contributed by atoms with Gasteiger partial charge in [-0.3, -0.25) is 24.3 Å². The zero-order valence-electron chi connectivity index (χ0n) is 13.1. The van der Waals surface area contributed by atoms with E-state index in [1.807, 2.05) is 0 Å². The molecule has 3 heterocycles. The lowest BCUT2D eigenvalue weighted by Crippen LogP contribution is -2.44. The number of nitro benzene ring substituents is 1. The van der Waals surface area contributed by atoms with Crippen LogP contribution < -0.4 is 11.1 Å². The van der Waals surface area contributed by atoms with Crippen LogP contribution in [0.1, 0.15) is 0 Å². The highest BCUT2D eigenvalue weighted by Crippen LogP contribution is 2.28. The van der Waals surface area contributed by atoms with Gasteiger partial charge in [0, 0.05) is 18.5 Å². The maximum atomic E-state index is 12.2. The van der Waals surface area contributed by atoms with Crippen LogP contribution in [0.5, 0.6) is 0 Å². The molecule has 0 amide bonds. The maximum absolute atomic E-state index is 12.2. The van der Waals surface area contributed by atoms with Gasteiger partial charge >= 0.3 is 21.5 Å². The van der Waals surface area contributed by atoms with Gasteiger partial charge in [0.2, 0.25) is 6.29 Å². The Morgan fingerprint density at radius 1 is 1.30 bits per heavy atom. The molecule has 2 aromatic heterocycles. The number of aromatic amines is 1. The first-order valence-corrected chi connectivity index (χ1v) is 8.63. The molecular formula is C13H9N5O8S. The number of hydrogen-bond donors (Lipinski definition) is 1. The molecule has 0 bridgehead atoms. The monoisotopic (exact) mass is 395 g/mol. The molecule has 1 aliphatic heterocycles. The average Bonchev–Trinajstić information content (AvgIpc) is 3.10. The second-order valence-electron chi connectivity index (χ2n) is 5.49. The number of nitro groups is 1. The molecule has 140 valence electrons. The molecule has 1 N–H and O–H groups in total. The van der Waals surface area contributed by atoms with E-state index < -0.39 is 39.3 Å². The van der Waals surface area contributed by atoms with Gasteiger partial charge in [0.05, 0.1) is 28.8 Å². The van der Waals surface area contributed by atoms with Gasteiger partial charge in [0.15, 0.2) is 0 Å². The van der Waals surface area contributed by atoms with Crippen LogP contribution in [0.15, 0.2) is 40.4 Å². The van der Waals surface area contributed by atoms with E-state index in [2.05, 4.69) is 18.3 Å². The minimum Gasteiger partial charge on any atom is -0.316 e. The average molecular weight is 395 g/mol. The van der Waals surface area contributed by atoms with Gasteiger partial charge in [-0.05, 0) is 6.07 Å². The van der Waals surface area contributed by atoms with E-state index in [1.165, 1.54) is 29.4 Å². The van der Waals surface area contributed by atoms with Crippen molar-refractivity contribution in [1.29, 1.82) is 0 Å². The molecule has 0 aliphatic carbocycles. The zero-order valence-corrected chi connectivity index (χ0v) is 14.0. The number of hydrogen-bond acceptors (Lipinski definition) is 9. The second-order valence-corrected chi connectivity index (χ2v) is 6.69. The highest BCUT2D eigenvalue weighted by molar-refractivity contribution is 7.82. The Balaban J connectivity index is 1.95. The van der Waals surface area contributed by atoms with Crippen LogP contribution in [0.2, 0.25) is 0 Å². The number of fused-ring (bicyclic) bond motifs is 1. The van der Waals surface area contributed by atoms with Crippen LogP contribution in [0.3, 0.4) is 0 Å². The summed E-state index contributed by atoms with van der Waals surface area (Å²) in [5, 5.41) is 11.4. The van der Waals surface area contributed by atoms with Crippen molar-refractivity contribution in [2.24, 2.45) is 0 Å². The second kappa shape index (κ2) is 5.83. The summed E-state index contributed by atoms with van der Waals surface area (Å²) >= 11 is 0. The fraction of sp³-hybridized carbons (Fsp3) is 0.154. The number of imidazole rings is 1. The van der Waals surface area contributed by atoms with E-state index in [4.69, 9.17) is 0 Å². The van der Waals surface area contributed by atoms with Crippen LogP contribution >= 0.6 is 0 Å². The number of H-pyrrole nitrogens is 1. The molecule has 3 aromatic rings. The molecule has 1 fully saturated rings. The van der Waals surface area contributed by atoms with Gasteiger partial charge in [-0.15, -0.1) is 0 Å². The minimum atomic E-state index is -4.09. The molecule has 4 rings (SSSR count). The highest BCUT2D eigenvalue weighted by Gasteiger charge is 2.37. The minimum absolute atomic E-state index is 0.0114. The summed E-state index contributed by atoms with van der Waals surface area (Å²) in [7, 11) is -4.09. The standard InChI is InChI=1S/C13H9N5O8S/c19-12-13(20)17(5-11-25-27(23,24)26-11)8-4-9(16-2-1-14-6-16)10(18(21)22)3-7(8)15-12/h1-4,6,11H,5H2,(H,15,19). The zero-order chi connectivity index (χ0) is 19.3. The first-order chi connectivity index (χ1) is 12.7. The molecular weight excluding hydrogens is 386 g/mol. The predicted molar refractivity (Wildman–Crippen MR) is 87.5 cm³/mol. The predicted octanol–water partition coefficient (Wildman–Crippen LogP) is -0.599. The maximum Gasteiger partial charge on any atom is 0.405 e. The third kappa shape index (κ3) is 2.90. The van der Waals surface area contributed by atoms with Crippen molar-refractivity contribution in [1.82, 2.24) is 19.1 Å². The van der Waals surface area contributed by atoms with Gasteiger partial charge in [-0.25, -0.2) is 13.4 Å². The summed E-state index contributed by atoms with van der Waals surface area (Å²) in [4.78, 5) is 41.0. The van der Waals surface area contributed by atoms with Crippen molar-refractivity contribution in [2.45, 2.75) is 12.8 Å². The number of benzene rings is 1. The summed E-state index contributed by atoms with van der Waals surface area (Å²) in [6.45, 7) is -0.403. The fourth-order valence-corrected chi connectivity index (χ4v) is 3.37. The lowest BCUT2D eigenvalue weighted by atomic mass is 10.2. The third-order valence-corrected chi connectivity index (χ3v) is 4.73. The van der Waals surface area contributed by atoms with Crippen LogP contribution in [-0.2, 0) is 25.3 Å². The van der Waals surface area contributed by atoms with E-state index in [1.54, 1.807) is 0 Å². The Kier molecular flexibility index (Phi) is 3.69. The van der Waals surface area contributed by atoms with Crippen molar-refractivity contribution < 1.29 is 21.7 Å². The molecule has 13 nitrogen and oxygen atoms in total. The molecule has 0 atom stereocenters. The first kappa shape index (κ1) is 17.1. The van der Waals surface area contributed by atoms with Gasteiger partial charge < -0.3 is 9.55 Å². The van der Waals surface area contributed by atoms with Crippen molar-refractivity contribution in [3.8, 4) is 5.69 Å². The third-order valence-electron chi connectivity index (χ3n) is 3.83. The van der Waals surface area contributed by atoms with Gasteiger partial charge in [0.25, 0.3) is 5.69 Å². The normalized spacial score (nSPS) is 16.3. The topological polar surface area (TPSA) is 168 Å². The molecule has 1 saturated heterocycles. The Morgan fingerprint density at radius 3 is 2.63 bits per heavy atom. The molecule has 27 heavy (non-hydrogen) atoms. The fourth-order valence-electron chi connectivity index (χ4n) is 2.71. The summed E-state index contributed by atoms with van der Waals surface area (Å²) < 4.78 is 33.2. The SMILES string of the molecule is O=c1[nH]c2cc([N+](=O)[O-])c(-n3ccnc3)cc2n(CC2OS(=O)(=O)O2)c1=O. The molecule has 0 unspecified atom stereocenters. The van der Waals surface area contributed by atoms with E-state index in [9.17, 15) is 28.1 Å². The van der Waals surface area contributed by atoms with E-state index in [0.29, 0.717) is 0 Å². The molecule has 1 aliphatic rings. The van der Waals surface area contributed by atoms with Crippen molar-refractivity contribution >= 4 is 27.1 Å². The van der Waals surface area contributed by atoms with E-state index in [-0.39, 0.29) is 22.4 Å². The Bertz CT molecular complexity index is 1280. The molecule has 0 radical (unpaired) electrons. The van der Waals surface area contributed by atoms with E-state index in [0.717, 1.165) is 10.6 Å².